The Labute approximate surface area is 198 Å². The normalized spacial score (nSPS) is 11.4. The number of nitrogens with zero attached hydrogens (tertiary/aromatic N) is 1. The average molecular weight is 467 g/mol. The SMILES string of the molecule is C=CCNC(=O)[C@H](c1ccccc1)N(Cc1ccc(Cl)cc1)C(=O)Cc1ccc(Cl)cc1. The lowest BCUT2D eigenvalue weighted by atomic mass is 10.0. The molecule has 0 heterocycles. The molecule has 0 aliphatic carbocycles. The summed E-state index contributed by atoms with van der Waals surface area (Å²) >= 11 is 12.0. The third-order valence-electron chi connectivity index (χ3n) is 4.95. The fraction of sp³-hybridized carbons (Fsp3) is 0.154. The summed E-state index contributed by atoms with van der Waals surface area (Å²) in [6, 6.07) is 22.9. The van der Waals surface area contributed by atoms with Crippen LogP contribution in [-0.4, -0.2) is 23.3 Å². The minimum Gasteiger partial charge on any atom is -0.351 e. The molecule has 0 aliphatic rings. The number of rotatable bonds is 9. The van der Waals surface area contributed by atoms with Gasteiger partial charge in [-0.25, -0.2) is 0 Å². The fourth-order valence-electron chi connectivity index (χ4n) is 3.37. The molecule has 1 atom stereocenters. The van der Waals surface area contributed by atoms with Crippen molar-refractivity contribution in [3.05, 3.63) is 118 Å². The Morgan fingerprint density at radius 3 is 2.00 bits per heavy atom. The number of halogens is 2. The Morgan fingerprint density at radius 2 is 1.44 bits per heavy atom. The van der Waals surface area contributed by atoms with Gasteiger partial charge in [0.2, 0.25) is 11.8 Å². The van der Waals surface area contributed by atoms with Crippen LogP contribution >= 0.6 is 23.2 Å². The molecule has 2 amide bonds. The Morgan fingerprint density at radius 1 is 0.875 bits per heavy atom. The number of hydrogen-bond donors (Lipinski definition) is 1. The fourth-order valence-corrected chi connectivity index (χ4v) is 3.62. The Hall–Kier alpha value is -3.08. The molecule has 3 rings (SSSR count). The minimum atomic E-state index is -0.799. The zero-order valence-electron chi connectivity index (χ0n) is 17.5. The van der Waals surface area contributed by atoms with Crippen LogP contribution < -0.4 is 5.32 Å². The minimum absolute atomic E-state index is 0.142. The first-order chi connectivity index (χ1) is 15.5. The molecule has 0 fully saturated rings. The third-order valence-corrected chi connectivity index (χ3v) is 5.46. The number of carbonyl (C=O) groups is 2. The number of benzene rings is 3. The molecule has 3 aromatic rings. The highest BCUT2D eigenvalue weighted by atomic mass is 35.5. The van der Waals surface area contributed by atoms with Gasteiger partial charge in [0.1, 0.15) is 6.04 Å². The predicted octanol–water partition coefficient (Wildman–Crippen LogP) is 5.61. The van der Waals surface area contributed by atoms with E-state index in [1.165, 1.54) is 0 Å². The van der Waals surface area contributed by atoms with E-state index in [-0.39, 0.29) is 24.8 Å². The molecule has 0 spiro atoms. The van der Waals surface area contributed by atoms with Gasteiger partial charge in [0.25, 0.3) is 0 Å². The van der Waals surface area contributed by atoms with Gasteiger partial charge in [-0.1, -0.05) is 83.9 Å². The summed E-state index contributed by atoms with van der Waals surface area (Å²) < 4.78 is 0. The summed E-state index contributed by atoms with van der Waals surface area (Å²) in [4.78, 5) is 28.3. The molecule has 0 unspecified atom stereocenters. The molecule has 1 N–H and O–H groups in total. The molecular formula is C26H24Cl2N2O2. The maximum absolute atomic E-state index is 13.5. The second-order valence-corrected chi connectivity index (χ2v) is 8.17. The summed E-state index contributed by atoms with van der Waals surface area (Å²) in [6.45, 7) is 4.23. The average Bonchev–Trinajstić information content (AvgIpc) is 2.80. The van der Waals surface area contributed by atoms with Crippen molar-refractivity contribution < 1.29 is 9.59 Å². The van der Waals surface area contributed by atoms with Gasteiger partial charge in [-0.05, 0) is 41.0 Å². The molecule has 0 saturated carbocycles. The van der Waals surface area contributed by atoms with Gasteiger partial charge in [-0.3, -0.25) is 9.59 Å². The van der Waals surface area contributed by atoms with E-state index in [0.717, 1.165) is 16.7 Å². The number of carbonyl (C=O) groups excluding carboxylic acids is 2. The standard InChI is InChI=1S/C26H24Cl2N2O2/c1-2-16-29-26(32)25(21-6-4-3-5-7-21)30(18-20-10-14-23(28)15-11-20)24(31)17-19-8-12-22(27)13-9-19/h2-15,25H,1,16-18H2,(H,29,32)/t25-/m0/s1. The van der Waals surface area contributed by atoms with Crippen molar-refractivity contribution in [1.29, 1.82) is 0 Å². The van der Waals surface area contributed by atoms with Crippen molar-refractivity contribution >= 4 is 35.0 Å². The molecule has 0 saturated heterocycles. The van der Waals surface area contributed by atoms with E-state index in [2.05, 4.69) is 11.9 Å². The highest BCUT2D eigenvalue weighted by Crippen LogP contribution is 2.25. The summed E-state index contributed by atoms with van der Waals surface area (Å²) in [5, 5.41) is 4.05. The van der Waals surface area contributed by atoms with E-state index in [0.29, 0.717) is 16.6 Å². The molecule has 0 bridgehead atoms. The monoisotopic (exact) mass is 466 g/mol. The molecule has 0 aromatic heterocycles. The van der Waals surface area contributed by atoms with Gasteiger partial charge in [-0.2, -0.15) is 0 Å². The van der Waals surface area contributed by atoms with E-state index in [1.54, 1.807) is 35.2 Å². The van der Waals surface area contributed by atoms with Crippen molar-refractivity contribution in [3.8, 4) is 0 Å². The molecular weight excluding hydrogens is 443 g/mol. The molecule has 32 heavy (non-hydrogen) atoms. The topological polar surface area (TPSA) is 49.4 Å². The first-order valence-electron chi connectivity index (χ1n) is 10.2. The number of amides is 2. The zero-order chi connectivity index (χ0) is 22.9. The van der Waals surface area contributed by atoms with Crippen LogP contribution in [0.1, 0.15) is 22.7 Å². The van der Waals surface area contributed by atoms with Crippen LogP contribution in [0.2, 0.25) is 10.0 Å². The Kier molecular flexibility index (Phi) is 8.48. The summed E-state index contributed by atoms with van der Waals surface area (Å²) in [5.74, 6) is -0.445. The summed E-state index contributed by atoms with van der Waals surface area (Å²) in [6.07, 6.45) is 1.75. The van der Waals surface area contributed by atoms with Crippen LogP contribution in [0.4, 0.5) is 0 Å². The third kappa shape index (κ3) is 6.46. The second kappa shape index (κ2) is 11.5. The Balaban J connectivity index is 1.98. The predicted molar refractivity (Wildman–Crippen MR) is 130 cm³/mol. The summed E-state index contributed by atoms with van der Waals surface area (Å²) in [7, 11) is 0. The lowest BCUT2D eigenvalue weighted by molar-refractivity contribution is -0.141. The molecule has 0 radical (unpaired) electrons. The van der Waals surface area contributed by atoms with Crippen LogP contribution in [0.5, 0.6) is 0 Å². The highest BCUT2D eigenvalue weighted by Gasteiger charge is 2.31. The summed E-state index contributed by atoms with van der Waals surface area (Å²) in [5.41, 5.74) is 2.42. The number of nitrogens with one attached hydrogen (secondary N) is 1. The van der Waals surface area contributed by atoms with Crippen LogP contribution in [-0.2, 0) is 22.6 Å². The van der Waals surface area contributed by atoms with Gasteiger partial charge < -0.3 is 10.2 Å². The molecule has 164 valence electrons. The molecule has 0 aliphatic heterocycles. The van der Waals surface area contributed by atoms with Crippen LogP contribution in [0.25, 0.3) is 0 Å². The largest absolute Gasteiger partial charge is 0.351 e. The van der Waals surface area contributed by atoms with Crippen LogP contribution in [0.3, 0.4) is 0 Å². The van der Waals surface area contributed by atoms with Gasteiger partial charge in [0.15, 0.2) is 0 Å². The van der Waals surface area contributed by atoms with Gasteiger partial charge >= 0.3 is 0 Å². The van der Waals surface area contributed by atoms with Crippen molar-refractivity contribution in [2.45, 2.75) is 19.0 Å². The van der Waals surface area contributed by atoms with Crippen molar-refractivity contribution in [1.82, 2.24) is 10.2 Å². The maximum Gasteiger partial charge on any atom is 0.247 e. The molecule has 4 nitrogen and oxygen atoms in total. The molecule has 3 aromatic carbocycles. The lowest BCUT2D eigenvalue weighted by Crippen LogP contribution is -2.44. The first-order valence-corrected chi connectivity index (χ1v) is 11.0. The zero-order valence-corrected chi connectivity index (χ0v) is 19.0. The highest BCUT2D eigenvalue weighted by molar-refractivity contribution is 6.30. The van der Waals surface area contributed by atoms with E-state index in [4.69, 9.17) is 23.2 Å². The van der Waals surface area contributed by atoms with E-state index >= 15 is 0 Å². The first kappa shape index (κ1) is 23.6. The van der Waals surface area contributed by atoms with E-state index in [1.807, 2.05) is 54.6 Å². The Bertz CT molecular complexity index is 1050. The van der Waals surface area contributed by atoms with E-state index < -0.39 is 6.04 Å². The van der Waals surface area contributed by atoms with Crippen LogP contribution in [0, 0.1) is 0 Å². The van der Waals surface area contributed by atoms with Crippen molar-refractivity contribution in [2.24, 2.45) is 0 Å². The molecule has 6 heteroatoms. The smallest absolute Gasteiger partial charge is 0.247 e. The van der Waals surface area contributed by atoms with Crippen molar-refractivity contribution in [3.63, 3.8) is 0 Å². The quantitative estimate of drug-likeness (QED) is 0.416. The van der Waals surface area contributed by atoms with E-state index in [9.17, 15) is 9.59 Å². The van der Waals surface area contributed by atoms with Gasteiger partial charge in [0, 0.05) is 23.1 Å². The van der Waals surface area contributed by atoms with Crippen molar-refractivity contribution in [2.75, 3.05) is 6.54 Å². The van der Waals surface area contributed by atoms with Crippen LogP contribution in [0.15, 0.2) is 91.5 Å². The second-order valence-electron chi connectivity index (χ2n) is 7.30. The van der Waals surface area contributed by atoms with Gasteiger partial charge in [-0.15, -0.1) is 6.58 Å². The number of hydrogen-bond acceptors (Lipinski definition) is 2. The van der Waals surface area contributed by atoms with Gasteiger partial charge in [0.05, 0.1) is 6.42 Å². The maximum atomic E-state index is 13.5. The lowest BCUT2D eigenvalue weighted by Gasteiger charge is -2.31.